The molecule has 0 aliphatic heterocycles. The molecule has 0 atom stereocenters. The molecule has 5 heteroatoms. The Morgan fingerprint density at radius 1 is 1.00 bits per heavy atom. The van der Waals surface area contributed by atoms with E-state index in [0.717, 1.165) is 16.5 Å². The van der Waals surface area contributed by atoms with Gasteiger partial charge in [-0.25, -0.2) is 0 Å². The average Bonchev–Trinajstić information content (AvgIpc) is 2.48. The van der Waals surface area contributed by atoms with Crippen molar-refractivity contribution in [1.29, 1.82) is 0 Å². The van der Waals surface area contributed by atoms with Crippen LogP contribution in [0.5, 0.6) is 11.5 Å². The van der Waals surface area contributed by atoms with E-state index in [0.29, 0.717) is 11.5 Å². The van der Waals surface area contributed by atoms with Gasteiger partial charge in [0.05, 0.1) is 6.42 Å². The van der Waals surface area contributed by atoms with E-state index >= 15 is 0 Å². The van der Waals surface area contributed by atoms with Gasteiger partial charge in [-0.15, -0.1) is 0 Å². The lowest BCUT2D eigenvalue weighted by Crippen LogP contribution is -2.11. The minimum Gasteiger partial charge on any atom is -0.457 e. The molecular formula is C18H14F3NO. The van der Waals surface area contributed by atoms with Gasteiger partial charge < -0.3 is 4.74 Å². The van der Waals surface area contributed by atoms with Crippen molar-refractivity contribution in [2.75, 3.05) is 0 Å². The molecule has 1 heterocycles. The number of halogens is 3. The molecule has 0 aliphatic carbocycles. The van der Waals surface area contributed by atoms with Crippen LogP contribution in [0, 0.1) is 6.92 Å². The van der Waals surface area contributed by atoms with Gasteiger partial charge in [0.15, 0.2) is 0 Å². The van der Waals surface area contributed by atoms with Crippen molar-refractivity contribution in [3.05, 3.63) is 66.0 Å². The average molecular weight is 317 g/mol. The first-order valence-electron chi connectivity index (χ1n) is 7.10. The van der Waals surface area contributed by atoms with Crippen LogP contribution < -0.4 is 4.74 Å². The van der Waals surface area contributed by atoms with Crippen LogP contribution in [0.3, 0.4) is 0 Å². The molecule has 0 amide bonds. The summed E-state index contributed by atoms with van der Waals surface area (Å²) in [6, 6.07) is 13.5. The first-order valence-corrected chi connectivity index (χ1v) is 7.10. The van der Waals surface area contributed by atoms with Gasteiger partial charge in [0, 0.05) is 17.3 Å². The molecule has 0 saturated carbocycles. The molecule has 0 aliphatic rings. The number of aromatic nitrogens is 1. The second-order valence-corrected chi connectivity index (χ2v) is 5.29. The zero-order valence-electron chi connectivity index (χ0n) is 12.4. The van der Waals surface area contributed by atoms with Gasteiger partial charge in [-0.05, 0) is 42.1 Å². The molecule has 23 heavy (non-hydrogen) atoms. The number of fused-ring (bicyclic) bond motifs is 1. The maximum atomic E-state index is 12.4. The van der Waals surface area contributed by atoms with Crippen molar-refractivity contribution >= 4 is 10.8 Å². The number of aryl methyl sites for hydroxylation is 1. The lowest BCUT2D eigenvalue weighted by atomic mass is 10.1. The lowest BCUT2D eigenvalue weighted by Gasteiger charge is -2.11. The van der Waals surface area contributed by atoms with Gasteiger partial charge in [0.25, 0.3) is 0 Å². The highest BCUT2D eigenvalue weighted by molar-refractivity contribution is 5.90. The van der Waals surface area contributed by atoms with Gasteiger partial charge in [-0.2, -0.15) is 13.2 Å². The highest BCUT2D eigenvalue weighted by atomic mass is 19.4. The SMILES string of the molecule is Cc1nccc2cccc(Oc3ccc(CC(F)(F)F)cc3)c12. The third kappa shape index (κ3) is 3.62. The molecule has 0 saturated heterocycles. The van der Waals surface area contributed by atoms with Crippen molar-refractivity contribution in [3.8, 4) is 11.5 Å². The predicted octanol–water partition coefficient (Wildman–Crippen LogP) is 5.44. The fourth-order valence-electron chi connectivity index (χ4n) is 2.49. The molecule has 2 nitrogen and oxygen atoms in total. The standard InChI is InChI=1S/C18H14F3NO/c1-12-17-14(9-10-22-12)3-2-4-16(17)23-15-7-5-13(6-8-15)11-18(19,20)21/h2-10H,11H2,1H3. The molecule has 0 radical (unpaired) electrons. The first-order chi connectivity index (χ1) is 10.9. The number of nitrogens with zero attached hydrogens (tertiary/aromatic N) is 1. The number of alkyl halides is 3. The number of hydrogen-bond donors (Lipinski definition) is 0. The monoisotopic (exact) mass is 317 g/mol. The molecule has 2 aromatic carbocycles. The molecule has 0 unspecified atom stereocenters. The van der Waals surface area contributed by atoms with E-state index in [1.165, 1.54) is 12.1 Å². The summed E-state index contributed by atoms with van der Waals surface area (Å²) in [5.41, 5.74) is 1.05. The molecular weight excluding hydrogens is 303 g/mol. The zero-order valence-corrected chi connectivity index (χ0v) is 12.4. The van der Waals surface area contributed by atoms with E-state index < -0.39 is 12.6 Å². The Labute approximate surface area is 131 Å². The maximum Gasteiger partial charge on any atom is 0.393 e. The number of ether oxygens (including phenoxy) is 1. The largest absolute Gasteiger partial charge is 0.457 e. The summed E-state index contributed by atoms with van der Waals surface area (Å²) < 4.78 is 42.9. The summed E-state index contributed by atoms with van der Waals surface area (Å²) in [6.45, 7) is 1.89. The summed E-state index contributed by atoms with van der Waals surface area (Å²) in [5, 5.41) is 1.90. The van der Waals surface area contributed by atoms with Gasteiger partial charge >= 0.3 is 6.18 Å². The van der Waals surface area contributed by atoms with Crippen LogP contribution in [0.25, 0.3) is 10.8 Å². The summed E-state index contributed by atoms with van der Waals surface area (Å²) >= 11 is 0. The lowest BCUT2D eigenvalue weighted by molar-refractivity contribution is -0.127. The van der Waals surface area contributed by atoms with Crippen LogP contribution in [-0.4, -0.2) is 11.2 Å². The Hall–Kier alpha value is -2.56. The van der Waals surface area contributed by atoms with Gasteiger partial charge in [0.2, 0.25) is 0 Å². The van der Waals surface area contributed by atoms with E-state index in [4.69, 9.17) is 4.74 Å². The normalized spacial score (nSPS) is 11.7. The maximum absolute atomic E-state index is 12.4. The molecule has 118 valence electrons. The Morgan fingerprint density at radius 3 is 2.43 bits per heavy atom. The molecule has 0 bridgehead atoms. The van der Waals surface area contributed by atoms with Crippen LogP contribution in [0.2, 0.25) is 0 Å². The Balaban J connectivity index is 1.88. The molecule has 0 N–H and O–H groups in total. The van der Waals surface area contributed by atoms with Crippen molar-refractivity contribution in [1.82, 2.24) is 4.98 Å². The molecule has 0 fully saturated rings. The van der Waals surface area contributed by atoms with Crippen molar-refractivity contribution < 1.29 is 17.9 Å². The Bertz CT molecular complexity index is 821. The Morgan fingerprint density at radius 2 is 1.74 bits per heavy atom. The van der Waals surface area contributed by atoms with Gasteiger partial charge in [-0.3, -0.25) is 4.98 Å². The zero-order chi connectivity index (χ0) is 16.4. The quantitative estimate of drug-likeness (QED) is 0.641. The second-order valence-electron chi connectivity index (χ2n) is 5.29. The molecule has 0 spiro atoms. The van der Waals surface area contributed by atoms with Crippen molar-refractivity contribution in [2.45, 2.75) is 19.5 Å². The number of hydrogen-bond acceptors (Lipinski definition) is 2. The third-order valence-corrected chi connectivity index (χ3v) is 3.50. The summed E-state index contributed by atoms with van der Waals surface area (Å²) in [5.74, 6) is 1.13. The number of rotatable bonds is 3. The van der Waals surface area contributed by atoms with Crippen LogP contribution in [-0.2, 0) is 6.42 Å². The molecule has 1 aromatic heterocycles. The van der Waals surface area contributed by atoms with Gasteiger partial charge in [-0.1, -0.05) is 24.3 Å². The highest BCUT2D eigenvalue weighted by Gasteiger charge is 2.27. The smallest absolute Gasteiger partial charge is 0.393 e. The summed E-state index contributed by atoms with van der Waals surface area (Å²) in [6.07, 6.45) is -3.42. The van der Waals surface area contributed by atoms with Crippen LogP contribution in [0.15, 0.2) is 54.7 Å². The predicted molar refractivity (Wildman–Crippen MR) is 82.8 cm³/mol. The summed E-state index contributed by atoms with van der Waals surface area (Å²) in [7, 11) is 0. The third-order valence-electron chi connectivity index (χ3n) is 3.50. The van der Waals surface area contributed by atoms with E-state index in [1.807, 2.05) is 31.2 Å². The molecule has 3 aromatic rings. The van der Waals surface area contributed by atoms with E-state index in [1.54, 1.807) is 18.3 Å². The van der Waals surface area contributed by atoms with E-state index in [2.05, 4.69) is 4.98 Å². The number of pyridine rings is 1. The van der Waals surface area contributed by atoms with Gasteiger partial charge in [0.1, 0.15) is 11.5 Å². The van der Waals surface area contributed by atoms with Crippen LogP contribution >= 0.6 is 0 Å². The van der Waals surface area contributed by atoms with E-state index in [9.17, 15) is 13.2 Å². The summed E-state index contributed by atoms with van der Waals surface area (Å²) in [4.78, 5) is 4.26. The second kappa shape index (κ2) is 5.91. The van der Waals surface area contributed by atoms with Crippen LogP contribution in [0.1, 0.15) is 11.3 Å². The first kappa shape index (κ1) is 15.3. The van der Waals surface area contributed by atoms with E-state index in [-0.39, 0.29) is 5.56 Å². The minimum atomic E-state index is -4.21. The fourth-order valence-corrected chi connectivity index (χ4v) is 2.49. The highest BCUT2D eigenvalue weighted by Crippen LogP contribution is 2.32. The minimum absolute atomic E-state index is 0.209. The fraction of sp³-hybridized carbons (Fsp3) is 0.167. The van der Waals surface area contributed by atoms with Crippen molar-refractivity contribution in [3.63, 3.8) is 0 Å². The topological polar surface area (TPSA) is 22.1 Å². The molecule has 3 rings (SSSR count). The number of benzene rings is 2. The van der Waals surface area contributed by atoms with Crippen molar-refractivity contribution in [2.24, 2.45) is 0 Å². The Kier molecular flexibility index (Phi) is 3.94. The van der Waals surface area contributed by atoms with Crippen LogP contribution in [0.4, 0.5) is 13.2 Å².